The lowest BCUT2D eigenvalue weighted by atomic mass is 10.1. The van der Waals surface area contributed by atoms with E-state index in [1.54, 1.807) is 24.3 Å². The summed E-state index contributed by atoms with van der Waals surface area (Å²) in [6.07, 6.45) is 1.82. The van der Waals surface area contributed by atoms with Crippen molar-refractivity contribution in [3.63, 3.8) is 0 Å². The number of carbonyl (C=O) groups is 2. The van der Waals surface area contributed by atoms with E-state index in [1.807, 2.05) is 13.8 Å². The van der Waals surface area contributed by atoms with Crippen LogP contribution in [0.2, 0.25) is 0 Å². The summed E-state index contributed by atoms with van der Waals surface area (Å²) in [7, 11) is 0. The standard InChI is InChI=1S/C22H23FO5/c1-4-26-19-12-6-16(14-20(19)27-5-2)7-13-21(24)28-15(3)22(25)17-8-10-18(23)11-9-17/h6-15H,4-5H2,1-3H3/b13-7+/t15-/m1/s1. The van der Waals surface area contributed by atoms with E-state index in [-0.39, 0.29) is 5.56 Å². The van der Waals surface area contributed by atoms with Gasteiger partial charge in [0.2, 0.25) is 5.78 Å². The number of rotatable bonds is 9. The summed E-state index contributed by atoms with van der Waals surface area (Å²) in [6, 6.07) is 10.4. The first-order chi connectivity index (χ1) is 13.4. The van der Waals surface area contributed by atoms with Crippen LogP contribution < -0.4 is 9.47 Å². The van der Waals surface area contributed by atoms with Crippen molar-refractivity contribution >= 4 is 17.8 Å². The molecule has 2 aromatic rings. The molecule has 0 spiro atoms. The first kappa shape index (κ1) is 21.2. The van der Waals surface area contributed by atoms with E-state index in [0.29, 0.717) is 24.7 Å². The Morgan fingerprint density at radius 2 is 1.64 bits per heavy atom. The minimum atomic E-state index is -0.984. The second-order valence-electron chi connectivity index (χ2n) is 5.86. The summed E-state index contributed by atoms with van der Waals surface area (Å²) >= 11 is 0. The van der Waals surface area contributed by atoms with Gasteiger partial charge >= 0.3 is 5.97 Å². The third kappa shape index (κ3) is 5.94. The van der Waals surface area contributed by atoms with E-state index in [4.69, 9.17) is 14.2 Å². The van der Waals surface area contributed by atoms with Crippen molar-refractivity contribution in [2.45, 2.75) is 26.9 Å². The number of ketones is 1. The van der Waals surface area contributed by atoms with Crippen molar-refractivity contribution < 1.29 is 28.2 Å². The molecule has 0 saturated carbocycles. The molecule has 0 heterocycles. The second kappa shape index (κ2) is 10.3. The molecular weight excluding hydrogens is 363 g/mol. The zero-order valence-corrected chi connectivity index (χ0v) is 16.1. The van der Waals surface area contributed by atoms with Crippen molar-refractivity contribution in [1.29, 1.82) is 0 Å². The minimum Gasteiger partial charge on any atom is -0.490 e. The van der Waals surface area contributed by atoms with E-state index in [2.05, 4.69) is 0 Å². The molecule has 5 nitrogen and oxygen atoms in total. The quantitative estimate of drug-likeness (QED) is 0.362. The molecule has 0 aliphatic rings. The Hall–Kier alpha value is -3.15. The number of halogens is 1. The van der Waals surface area contributed by atoms with Gasteiger partial charge in [-0.25, -0.2) is 9.18 Å². The summed E-state index contributed by atoms with van der Waals surface area (Å²) in [5, 5.41) is 0. The highest BCUT2D eigenvalue weighted by Crippen LogP contribution is 2.29. The molecule has 0 aliphatic heterocycles. The first-order valence-corrected chi connectivity index (χ1v) is 9.02. The van der Waals surface area contributed by atoms with Gasteiger partial charge in [0.1, 0.15) is 5.82 Å². The number of hydrogen-bond donors (Lipinski definition) is 0. The minimum absolute atomic E-state index is 0.276. The van der Waals surface area contributed by atoms with Gasteiger partial charge in [-0.3, -0.25) is 4.79 Å². The second-order valence-corrected chi connectivity index (χ2v) is 5.86. The highest BCUT2D eigenvalue weighted by Gasteiger charge is 2.18. The number of esters is 1. The lowest BCUT2D eigenvalue weighted by Crippen LogP contribution is -2.23. The van der Waals surface area contributed by atoms with Crippen LogP contribution in [0, 0.1) is 5.82 Å². The zero-order chi connectivity index (χ0) is 20.5. The molecule has 0 bridgehead atoms. The summed E-state index contributed by atoms with van der Waals surface area (Å²) in [6.45, 7) is 6.23. The van der Waals surface area contributed by atoms with Crippen molar-refractivity contribution in [1.82, 2.24) is 0 Å². The molecule has 2 aromatic carbocycles. The predicted octanol–water partition coefficient (Wildman–Crippen LogP) is 4.45. The van der Waals surface area contributed by atoms with Gasteiger partial charge in [-0.15, -0.1) is 0 Å². The van der Waals surface area contributed by atoms with Crippen LogP contribution >= 0.6 is 0 Å². The fourth-order valence-electron chi connectivity index (χ4n) is 2.45. The predicted molar refractivity (Wildman–Crippen MR) is 104 cm³/mol. The molecule has 0 unspecified atom stereocenters. The van der Waals surface area contributed by atoms with E-state index in [0.717, 1.165) is 5.56 Å². The van der Waals surface area contributed by atoms with Crippen LogP contribution in [0.15, 0.2) is 48.5 Å². The van der Waals surface area contributed by atoms with Gasteiger partial charge in [0.25, 0.3) is 0 Å². The molecule has 28 heavy (non-hydrogen) atoms. The Kier molecular flexibility index (Phi) is 7.75. The molecule has 6 heteroatoms. The topological polar surface area (TPSA) is 61.8 Å². The van der Waals surface area contributed by atoms with Crippen LogP contribution in [0.3, 0.4) is 0 Å². The number of benzene rings is 2. The fourth-order valence-corrected chi connectivity index (χ4v) is 2.45. The molecule has 0 saturated heterocycles. The highest BCUT2D eigenvalue weighted by molar-refractivity contribution is 6.01. The van der Waals surface area contributed by atoms with Gasteiger partial charge in [0, 0.05) is 11.6 Å². The molecule has 0 amide bonds. The Labute approximate surface area is 163 Å². The van der Waals surface area contributed by atoms with Crippen LogP contribution in [0.5, 0.6) is 11.5 Å². The fraction of sp³-hybridized carbons (Fsp3) is 0.273. The number of Topliss-reactive ketones (excluding diaryl/α,β-unsaturated/α-hetero) is 1. The molecule has 0 radical (unpaired) electrons. The van der Waals surface area contributed by atoms with Gasteiger partial charge < -0.3 is 14.2 Å². The van der Waals surface area contributed by atoms with Gasteiger partial charge in [-0.05, 0) is 68.8 Å². The summed E-state index contributed by atoms with van der Waals surface area (Å²) < 4.78 is 29.1. The van der Waals surface area contributed by atoms with E-state index in [1.165, 1.54) is 37.3 Å². The van der Waals surface area contributed by atoms with Crippen LogP contribution in [-0.2, 0) is 9.53 Å². The Morgan fingerprint density at radius 3 is 2.29 bits per heavy atom. The smallest absolute Gasteiger partial charge is 0.331 e. The van der Waals surface area contributed by atoms with Crippen molar-refractivity contribution in [2.24, 2.45) is 0 Å². The van der Waals surface area contributed by atoms with Crippen LogP contribution in [0.25, 0.3) is 6.08 Å². The third-order valence-corrected chi connectivity index (χ3v) is 3.77. The molecule has 0 N–H and O–H groups in total. The van der Waals surface area contributed by atoms with Crippen LogP contribution in [-0.4, -0.2) is 31.1 Å². The van der Waals surface area contributed by atoms with Crippen molar-refractivity contribution in [3.8, 4) is 11.5 Å². The maximum absolute atomic E-state index is 12.9. The van der Waals surface area contributed by atoms with Gasteiger partial charge in [-0.2, -0.15) is 0 Å². The number of ether oxygens (including phenoxy) is 3. The van der Waals surface area contributed by atoms with Gasteiger partial charge in [-0.1, -0.05) is 6.07 Å². The van der Waals surface area contributed by atoms with Gasteiger partial charge in [0.05, 0.1) is 13.2 Å². The summed E-state index contributed by atoms with van der Waals surface area (Å²) in [5.74, 6) is -0.288. The Morgan fingerprint density at radius 1 is 1.00 bits per heavy atom. The number of carbonyl (C=O) groups excluding carboxylic acids is 2. The molecule has 0 fully saturated rings. The summed E-state index contributed by atoms with van der Waals surface area (Å²) in [4.78, 5) is 24.2. The van der Waals surface area contributed by atoms with Crippen LogP contribution in [0.4, 0.5) is 4.39 Å². The molecular formula is C22H23FO5. The average Bonchev–Trinajstić information content (AvgIpc) is 2.68. The third-order valence-electron chi connectivity index (χ3n) is 3.77. The zero-order valence-electron chi connectivity index (χ0n) is 16.1. The molecule has 2 rings (SSSR count). The lowest BCUT2D eigenvalue weighted by molar-refractivity contribution is -0.140. The van der Waals surface area contributed by atoms with E-state index in [9.17, 15) is 14.0 Å². The van der Waals surface area contributed by atoms with E-state index >= 15 is 0 Å². The maximum atomic E-state index is 12.9. The average molecular weight is 386 g/mol. The Balaban J connectivity index is 2.01. The van der Waals surface area contributed by atoms with Crippen molar-refractivity contribution in [2.75, 3.05) is 13.2 Å². The molecule has 148 valence electrons. The van der Waals surface area contributed by atoms with Crippen LogP contribution in [0.1, 0.15) is 36.7 Å². The lowest BCUT2D eigenvalue weighted by Gasteiger charge is -2.12. The first-order valence-electron chi connectivity index (χ1n) is 9.02. The number of hydrogen-bond acceptors (Lipinski definition) is 5. The Bertz CT molecular complexity index is 843. The van der Waals surface area contributed by atoms with Gasteiger partial charge in [0.15, 0.2) is 17.6 Å². The highest BCUT2D eigenvalue weighted by atomic mass is 19.1. The monoisotopic (exact) mass is 386 g/mol. The molecule has 1 atom stereocenters. The molecule has 0 aromatic heterocycles. The van der Waals surface area contributed by atoms with Crippen molar-refractivity contribution in [3.05, 3.63) is 65.5 Å². The maximum Gasteiger partial charge on any atom is 0.331 e. The summed E-state index contributed by atoms with van der Waals surface area (Å²) in [5.41, 5.74) is 1.000. The van der Waals surface area contributed by atoms with E-state index < -0.39 is 23.7 Å². The SMILES string of the molecule is CCOc1ccc(/C=C/C(=O)O[C@H](C)C(=O)c2ccc(F)cc2)cc1OCC. The molecule has 0 aliphatic carbocycles. The largest absolute Gasteiger partial charge is 0.490 e. The normalized spacial score (nSPS) is 11.9.